The fourth-order valence-electron chi connectivity index (χ4n) is 1.79. The molecular weight excluding hydrogens is 208 g/mol. The summed E-state index contributed by atoms with van der Waals surface area (Å²) in [6, 6.07) is -0.343. The van der Waals surface area contributed by atoms with Crippen molar-refractivity contribution in [2.75, 3.05) is 26.7 Å². The smallest absolute Gasteiger partial charge is 0.321 e. The van der Waals surface area contributed by atoms with Crippen molar-refractivity contribution in [3.05, 3.63) is 0 Å². The number of amides is 3. The fourth-order valence-corrected chi connectivity index (χ4v) is 1.79. The van der Waals surface area contributed by atoms with Crippen LogP contribution in [0.1, 0.15) is 13.8 Å². The molecular formula is C10H20N4O2. The van der Waals surface area contributed by atoms with Crippen LogP contribution in [0, 0.1) is 0 Å². The summed E-state index contributed by atoms with van der Waals surface area (Å²) in [5.74, 6) is -0.256. The van der Waals surface area contributed by atoms with E-state index in [4.69, 9.17) is 0 Å². The Bertz CT molecular complexity index is 266. The summed E-state index contributed by atoms with van der Waals surface area (Å²) in [6.07, 6.45) is 0. The van der Waals surface area contributed by atoms with Gasteiger partial charge in [-0.25, -0.2) is 4.79 Å². The minimum absolute atomic E-state index is 0.256. The van der Waals surface area contributed by atoms with Gasteiger partial charge >= 0.3 is 6.03 Å². The Morgan fingerprint density at radius 3 is 2.50 bits per heavy atom. The third kappa shape index (κ3) is 2.93. The quantitative estimate of drug-likeness (QED) is 0.584. The van der Waals surface area contributed by atoms with Crippen molar-refractivity contribution >= 4 is 11.9 Å². The van der Waals surface area contributed by atoms with E-state index in [1.54, 1.807) is 0 Å². The van der Waals surface area contributed by atoms with E-state index in [0.717, 1.165) is 19.6 Å². The molecule has 3 amide bonds. The first-order valence-corrected chi connectivity index (χ1v) is 5.59. The van der Waals surface area contributed by atoms with Gasteiger partial charge in [0.25, 0.3) is 0 Å². The Balaban J connectivity index is 2.49. The molecule has 1 heterocycles. The molecule has 3 N–H and O–H groups in total. The number of hydrogen-bond acceptors (Lipinski definition) is 4. The molecule has 6 nitrogen and oxygen atoms in total. The van der Waals surface area contributed by atoms with Gasteiger partial charge < -0.3 is 10.6 Å². The minimum Gasteiger partial charge on any atom is -0.341 e. The molecule has 0 spiro atoms. The molecule has 0 saturated carbocycles. The SMILES string of the molecule is CCN(C1CNC1)C(C)C(=O)NC(=O)NC. The second kappa shape index (κ2) is 5.81. The molecule has 0 aromatic heterocycles. The van der Waals surface area contributed by atoms with Crippen LogP contribution >= 0.6 is 0 Å². The number of carbonyl (C=O) groups excluding carboxylic acids is 2. The highest BCUT2D eigenvalue weighted by molar-refractivity contribution is 5.96. The van der Waals surface area contributed by atoms with E-state index in [0.29, 0.717) is 6.04 Å². The first-order chi connectivity index (χ1) is 7.60. The summed E-state index contributed by atoms with van der Waals surface area (Å²) >= 11 is 0. The van der Waals surface area contributed by atoms with Crippen LogP contribution in [-0.2, 0) is 4.79 Å². The summed E-state index contributed by atoms with van der Waals surface area (Å²) < 4.78 is 0. The van der Waals surface area contributed by atoms with Crippen LogP contribution in [0.2, 0.25) is 0 Å². The van der Waals surface area contributed by atoms with Crippen LogP contribution in [0.4, 0.5) is 4.79 Å². The lowest BCUT2D eigenvalue weighted by atomic mass is 10.1. The predicted octanol–water partition coefficient (Wildman–Crippen LogP) is -0.876. The lowest BCUT2D eigenvalue weighted by Gasteiger charge is -2.40. The van der Waals surface area contributed by atoms with Gasteiger partial charge in [-0.3, -0.25) is 15.0 Å². The average Bonchev–Trinajstić information content (AvgIpc) is 2.21. The van der Waals surface area contributed by atoms with E-state index in [1.807, 2.05) is 13.8 Å². The van der Waals surface area contributed by atoms with Crippen molar-refractivity contribution in [2.45, 2.75) is 25.9 Å². The number of nitrogens with zero attached hydrogens (tertiary/aromatic N) is 1. The molecule has 0 aliphatic carbocycles. The molecule has 1 aliphatic heterocycles. The highest BCUT2D eigenvalue weighted by atomic mass is 16.2. The summed E-state index contributed by atoms with van der Waals surface area (Å²) in [5.41, 5.74) is 0. The summed E-state index contributed by atoms with van der Waals surface area (Å²) in [4.78, 5) is 24.8. The third-order valence-electron chi connectivity index (χ3n) is 2.93. The van der Waals surface area contributed by atoms with Crippen molar-refractivity contribution in [1.82, 2.24) is 20.9 Å². The van der Waals surface area contributed by atoms with Crippen molar-refractivity contribution in [1.29, 1.82) is 0 Å². The first-order valence-electron chi connectivity index (χ1n) is 5.59. The molecule has 0 bridgehead atoms. The molecule has 1 saturated heterocycles. The van der Waals surface area contributed by atoms with Crippen molar-refractivity contribution in [3.63, 3.8) is 0 Å². The molecule has 6 heteroatoms. The van der Waals surface area contributed by atoms with Crippen molar-refractivity contribution < 1.29 is 9.59 Å². The maximum atomic E-state index is 11.7. The Morgan fingerprint density at radius 2 is 2.12 bits per heavy atom. The van der Waals surface area contributed by atoms with Crippen LogP contribution in [0.15, 0.2) is 0 Å². The van der Waals surface area contributed by atoms with Gasteiger partial charge in [0.15, 0.2) is 0 Å². The monoisotopic (exact) mass is 228 g/mol. The zero-order valence-electron chi connectivity index (χ0n) is 10.0. The molecule has 1 unspecified atom stereocenters. The predicted molar refractivity (Wildman–Crippen MR) is 61.1 cm³/mol. The van der Waals surface area contributed by atoms with E-state index in [1.165, 1.54) is 7.05 Å². The van der Waals surface area contributed by atoms with Crippen LogP contribution in [-0.4, -0.2) is 55.6 Å². The van der Waals surface area contributed by atoms with Crippen LogP contribution in [0.3, 0.4) is 0 Å². The number of urea groups is 1. The van der Waals surface area contributed by atoms with E-state index in [2.05, 4.69) is 20.9 Å². The lowest BCUT2D eigenvalue weighted by molar-refractivity contribution is -0.126. The molecule has 1 atom stereocenters. The number of nitrogens with one attached hydrogen (secondary N) is 3. The molecule has 0 aromatic carbocycles. The van der Waals surface area contributed by atoms with Gasteiger partial charge in [0.1, 0.15) is 0 Å². The van der Waals surface area contributed by atoms with Gasteiger partial charge in [-0.15, -0.1) is 0 Å². The number of hydrogen-bond donors (Lipinski definition) is 3. The second-order valence-electron chi connectivity index (χ2n) is 3.89. The van der Waals surface area contributed by atoms with Crippen LogP contribution in [0.5, 0.6) is 0 Å². The van der Waals surface area contributed by atoms with Gasteiger partial charge in [-0.1, -0.05) is 6.92 Å². The standard InChI is InChI=1S/C10H20N4O2/c1-4-14(8-5-12-6-8)7(2)9(15)13-10(16)11-3/h7-8,12H,4-6H2,1-3H3,(H2,11,13,15,16). The number of rotatable bonds is 4. The minimum atomic E-state index is -0.459. The van der Waals surface area contributed by atoms with E-state index in [9.17, 15) is 9.59 Å². The van der Waals surface area contributed by atoms with Crippen LogP contribution in [0.25, 0.3) is 0 Å². The molecule has 1 fully saturated rings. The molecule has 0 aromatic rings. The Morgan fingerprint density at radius 1 is 1.50 bits per heavy atom. The van der Waals surface area contributed by atoms with Gasteiger partial charge in [-0.2, -0.15) is 0 Å². The number of carbonyl (C=O) groups is 2. The maximum absolute atomic E-state index is 11.7. The lowest BCUT2D eigenvalue weighted by Crippen LogP contribution is -2.62. The topological polar surface area (TPSA) is 73.5 Å². The van der Waals surface area contributed by atoms with Crippen molar-refractivity contribution in [3.8, 4) is 0 Å². The fraction of sp³-hybridized carbons (Fsp3) is 0.800. The zero-order valence-corrected chi connectivity index (χ0v) is 10.0. The third-order valence-corrected chi connectivity index (χ3v) is 2.93. The Labute approximate surface area is 95.8 Å². The van der Waals surface area contributed by atoms with Gasteiger partial charge in [0.05, 0.1) is 6.04 Å². The number of likely N-dealkylation sites (N-methyl/N-ethyl adjacent to an activating group) is 1. The highest BCUT2D eigenvalue weighted by Gasteiger charge is 2.30. The summed E-state index contributed by atoms with van der Waals surface area (Å²) in [5, 5.41) is 7.83. The first kappa shape index (κ1) is 12.9. The maximum Gasteiger partial charge on any atom is 0.321 e. The van der Waals surface area contributed by atoms with Gasteiger partial charge in [-0.05, 0) is 13.5 Å². The van der Waals surface area contributed by atoms with E-state index in [-0.39, 0.29) is 11.9 Å². The number of imide groups is 1. The Kier molecular flexibility index (Phi) is 4.70. The van der Waals surface area contributed by atoms with Crippen molar-refractivity contribution in [2.24, 2.45) is 0 Å². The molecule has 92 valence electrons. The van der Waals surface area contributed by atoms with Gasteiger partial charge in [0, 0.05) is 26.2 Å². The zero-order chi connectivity index (χ0) is 12.1. The summed E-state index contributed by atoms with van der Waals surface area (Å²) in [7, 11) is 1.49. The van der Waals surface area contributed by atoms with Crippen LogP contribution < -0.4 is 16.0 Å². The normalized spacial score (nSPS) is 17.8. The average molecular weight is 228 g/mol. The largest absolute Gasteiger partial charge is 0.341 e. The van der Waals surface area contributed by atoms with E-state index >= 15 is 0 Å². The molecule has 1 aliphatic rings. The molecule has 0 radical (unpaired) electrons. The molecule has 16 heavy (non-hydrogen) atoms. The molecule has 1 rings (SSSR count). The Hall–Kier alpha value is -1.14. The van der Waals surface area contributed by atoms with Gasteiger partial charge in [0.2, 0.25) is 5.91 Å². The second-order valence-corrected chi connectivity index (χ2v) is 3.89. The summed E-state index contributed by atoms with van der Waals surface area (Å²) in [6.45, 7) is 6.45. The highest BCUT2D eigenvalue weighted by Crippen LogP contribution is 2.09. The van der Waals surface area contributed by atoms with E-state index < -0.39 is 6.03 Å².